The Morgan fingerprint density at radius 2 is 2.11 bits per heavy atom. The van der Waals surface area contributed by atoms with Gasteiger partial charge in [-0.3, -0.25) is 4.79 Å². The number of para-hydroxylation sites is 1. The number of hydrogen-bond donors (Lipinski definition) is 0. The Morgan fingerprint density at radius 3 is 2.83 bits per heavy atom. The van der Waals surface area contributed by atoms with Gasteiger partial charge in [-0.15, -0.1) is 0 Å². The first-order chi connectivity index (χ1) is 8.57. The fraction of sp³-hybridized carbons (Fsp3) is 0.400. The molecular weight excluding hydrogens is 226 g/mol. The molecule has 0 bridgehead atoms. The Morgan fingerprint density at radius 1 is 1.39 bits per heavy atom. The maximum absolute atomic E-state index is 11.7. The van der Waals surface area contributed by atoms with Crippen molar-refractivity contribution in [3.8, 4) is 0 Å². The SMILES string of the molecule is CCOC(=O)CC1(C)C=Cc2ccccc2N1C. The van der Waals surface area contributed by atoms with E-state index in [2.05, 4.69) is 36.1 Å². The van der Waals surface area contributed by atoms with Crippen LogP contribution < -0.4 is 4.90 Å². The van der Waals surface area contributed by atoms with Crippen LogP contribution >= 0.6 is 0 Å². The van der Waals surface area contributed by atoms with Crippen LogP contribution in [-0.4, -0.2) is 25.2 Å². The van der Waals surface area contributed by atoms with Gasteiger partial charge in [0.2, 0.25) is 0 Å². The van der Waals surface area contributed by atoms with Crippen molar-refractivity contribution in [1.82, 2.24) is 0 Å². The number of carbonyl (C=O) groups excluding carboxylic acids is 1. The van der Waals surface area contributed by atoms with Crippen molar-refractivity contribution in [3.63, 3.8) is 0 Å². The van der Waals surface area contributed by atoms with E-state index in [0.29, 0.717) is 13.0 Å². The zero-order valence-electron chi connectivity index (χ0n) is 11.1. The minimum atomic E-state index is -0.319. The quantitative estimate of drug-likeness (QED) is 0.767. The molecule has 18 heavy (non-hydrogen) atoms. The monoisotopic (exact) mass is 245 g/mol. The molecule has 1 atom stereocenters. The fourth-order valence-electron chi connectivity index (χ4n) is 2.27. The molecule has 3 nitrogen and oxygen atoms in total. The summed E-state index contributed by atoms with van der Waals surface area (Å²) in [6, 6.07) is 8.18. The van der Waals surface area contributed by atoms with E-state index in [0.717, 1.165) is 5.69 Å². The van der Waals surface area contributed by atoms with Gasteiger partial charge in [-0.2, -0.15) is 0 Å². The third-order valence-corrected chi connectivity index (χ3v) is 3.49. The van der Waals surface area contributed by atoms with Crippen LogP contribution in [0, 0.1) is 0 Å². The highest BCUT2D eigenvalue weighted by molar-refractivity contribution is 5.78. The number of hydrogen-bond acceptors (Lipinski definition) is 3. The maximum Gasteiger partial charge on any atom is 0.308 e. The van der Waals surface area contributed by atoms with Gasteiger partial charge in [-0.25, -0.2) is 0 Å². The number of ether oxygens (including phenoxy) is 1. The normalized spacial score (nSPS) is 21.6. The minimum Gasteiger partial charge on any atom is -0.466 e. The van der Waals surface area contributed by atoms with Crippen molar-refractivity contribution in [1.29, 1.82) is 0 Å². The summed E-state index contributed by atoms with van der Waals surface area (Å²) in [7, 11) is 2.02. The van der Waals surface area contributed by atoms with Crippen LogP contribution in [0.15, 0.2) is 30.3 Å². The number of benzene rings is 1. The Balaban J connectivity index is 2.25. The number of esters is 1. The topological polar surface area (TPSA) is 29.5 Å². The lowest BCUT2D eigenvalue weighted by Crippen LogP contribution is -2.46. The lowest BCUT2D eigenvalue weighted by Gasteiger charge is -2.41. The molecule has 3 heteroatoms. The van der Waals surface area contributed by atoms with Gasteiger partial charge in [-0.1, -0.05) is 30.4 Å². The Hall–Kier alpha value is -1.77. The standard InChI is InChI=1S/C15H19NO2/c1-4-18-14(17)11-15(2)10-9-12-7-5-6-8-13(12)16(15)3/h5-10H,4,11H2,1-3H3. The number of fused-ring (bicyclic) bond motifs is 1. The van der Waals surface area contributed by atoms with E-state index in [4.69, 9.17) is 4.74 Å². The predicted octanol–water partition coefficient (Wildman–Crippen LogP) is 2.86. The zero-order chi connectivity index (χ0) is 13.2. The van der Waals surface area contributed by atoms with E-state index in [1.165, 1.54) is 5.56 Å². The molecule has 2 rings (SSSR count). The second-order valence-electron chi connectivity index (χ2n) is 4.79. The van der Waals surface area contributed by atoms with Crippen LogP contribution in [0.5, 0.6) is 0 Å². The number of rotatable bonds is 3. The number of nitrogens with zero attached hydrogens (tertiary/aromatic N) is 1. The molecule has 1 aromatic carbocycles. The average Bonchev–Trinajstić information content (AvgIpc) is 2.35. The number of carbonyl (C=O) groups is 1. The highest BCUT2D eigenvalue weighted by Gasteiger charge is 2.33. The summed E-state index contributed by atoms with van der Waals surface area (Å²) in [6.45, 7) is 4.31. The van der Waals surface area contributed by atoms with Gasteiger partial charge in [0.05, 0.1) is 18.6 Å². The highest BCUT2D eigenvalue weighted by Crippen LogP contribution is 2.35. The second kappa shape index (κ2) is 4.84. The van der Waals surface area contributed by atoms with E-state index in [1.54, 1.807) is 0 Å². The molecule has 0 saturated heterocycles. The zero-order valence-corrected chi connectivity index (χ0v) is 11.1. The summed E-state index contributed by atoms with van der Waals surface area (Å²) in [6.07, 6.45) is 4.52. The van der Waals surface area contributed by atoms with Crippen LogP contribution in [0.4, 0.5) is 5.69 Å². The lowest BCUT2D eigenvalue weighted by atomic mass is 9.89. The molecular formula is C15H19NO2. The van der Waals surface area contributed by atoms with Gasteiger partial charge in [-0.05, 0) is 25.5 Å². The van der Waals surface area contributed by atoms with Gasteiger partial charge in [0.15, 0.2) is 0 Å². The maximum atomic E-state index is 11.7. The lowest BCUT2D eigenvalue weighted by molar-refractivity contribution is -0.144. The van der Waals surface area contributed by atoms with Gasteiger partial charge in [0, 0.05) is 12.7 Å². The molecule has 0 aromatic heterocycles. The van der Waals surface area contributed by atoms with E-state index >= 15 is 0 Å². The molecule has 0 N–H and O–H groups in total. The summed E-state index contributed by atoms with van der Waals surface area (Å²) in [5, 5.41) is 0. The largest absolute Gasteiger partial charge is 0.466 e. The summed E-state index contributed by atoms with van der Waals surface area (Å²) in [4.78, 5) is 13.8. The molecule has 1 aliphatic rings. The van der Waals surface area contributed by atoms with Gasteiger partial charge < -0.3 is 9.64 Å². The van der Waals surface area contributed by atoms with Gasteiger partial charge >= 0.3 is 5.97 Å². The first kappa shape index (κ1) is 12.7. The van der Waals surface area contributed by atoms with E-state index in [1.807, 2.05) is 26.1 Å². The molecule has 1 aliphatic heterocycles. The summed E-state index contributed by atoms with van der Waals surface area (Å²) < 4.78 is 5.05. The van der Waals surface area contributed by atoms with Crippen molar-refractivity contribution < 1.29 is 9.53 Å². The fourth-order valence-corrected chi connectivity index (χ4v) is 2.27. The Labute approximate surface area is 108 Å². The molecule has 0 aliphatic carbocycles. The summed E-state index contributed by atoms with van der Waals surface area (Å²) in [5.74, 6) is -0.157. The third-order valence-electron chi connectivity index (χ3n) is 3.49. The number of likely N-dealkylation sites (N-methyl/N-ethyl adjacent to an activating group) is 1. The van der Waals surface area contributed by atoms with E-state index in [-0.39, 0.29) is 11.5 Å². The molecule has 0 radical (unpaired) electrons. The molecule has 0 amide bonds. The molecule has 96 valence electrons. The van der Waals surface area contributed by atoms with Crippen molar-refractivity contribution in [2.75, 3.05) is 18.6 Å². The van der Waals surface area contributed by atoms with Crippen molar-refractivity contribution in [2.45, 2.75) is 25.8 Å². The van der Waals surface area contributed by atoms with Gasteiger partial charge in [0.25, 0.3) is 0 Å². The smallest absolute Gasteiger partial charge is 0.308 e. The first-order valence-corrected chi connectivity index (χ1v) is 6.24. The van der Waals surface area contributed by atoms with Gasteiger partial charge in [0.1, 0.15) is 0 Å². The summed E-state index contributed by atoms with van der Waals surface area (Å²) in [5.41, 5.74) is 2.01. The second-order valence-corrected chi connectivity index (χ2v) is 4.79. The molecule has 0 spiro atoms. The summed E-state index contributed by atoms with van der Waals surface area (Å²) >= 11 is 0. The van der Waals surface area contributed by atoms with Crippen LogP contribution in [0.2, 0.25) is 0 Å². The molecule has 0 fully saturated rings. The predicted molar refractivity (Wildman–Crippen MR) is 73.5 cm³/mol. The van der Waals surface area contributed by atoms with Crippen LogP contribution in [0.25, 0.3) is 6.08 Å². The Kier molecular flexibility index (Phi) is 3.41. The number of anilines is 1. The van der Waals surface area contributed by atoms with Crippen LogP contribution in [0.1, 0.15) is 25.8 Å². The molecule has 1 unspecified atom stereocenters. The van der Waals surface area contributed by atoms with Crippen LogP contribution in [0.3, 0.4) is 0 Å². The molecule has 0 saturated carbocycles. The van der Waals surface area contributed by atoms with Crippen molar-refractivity contribution in [3.05, 3.63) is 35.9 Å². The molecule has 1 aromatic rings. The van der Waals surface area contributed by atoms with Crippen molar-refractivity contribution in [2.24, 2.45) is 0 Å². The van der Waals surface area contributed by atoms with Crippen LogP contribution in [-0.2, 0) is 9.53 Å². The third kappa shape index (κ3) is 2.26. The minimum absolute atomic E-state index is 0.157. The van der Waals surface area contributed by atoms with E-state index in [9.17, 15) is 4.79 Å². The Bertz CT molecular complexity index is 481. The average molecular weight is 245 g/mol. The van der Waals surface area contributed by atoms with Crippen molar-refractivity contribution >= 4 is 17.7 Å². The van der Waals surface area contributed by atoms with E-state index < -0.39 is 0 Å². The molecule has 1 heterocycles. The highest BCUT2D eigenvalue weighted by atomic mass is 16.5. The first-order valence-electron chi connectivity index (χ1n) is 6.24.